The fraction of sp³-hybridized carbons (Fsp3) is 0.316. The van der Waals surface area contributed by atoms with E-state index in [1.54, 1.807) is 36.1 Å². The first-order valence-corrected chi connectivity index (χ1v) is 8.25. The molecule has 1 aromatic carbocycles. The van der Waals surface area contributed by atoms with Crippen LogP contribution in [0.15, 0.2) is 34.7 Å². The fourth-order valence-electron chi connectivity index (χ4n) is 2.87. The van der Waals surface area contributed by atoms with E-state index in [0.717, 1.165) is 6.42 Å². The van der Waals surface area contributed by atoms with Gasteiger partial charge in [-0.25, -0.2) is 9.59 Å². The lowest BCUT2D eigenvalue weighted by molar-refractivity contribution is -0.117. The smallest absolute Gasteiger partial charge is 0.341 e. The third kappa shape index (κ3) is 3.61. The molecule has 0 radical (unpaired) electrons. The monoisotopic (exact) mass is 357 g/mol. The summed E-state index contributed by atoms with van der Waals surface area (Å²) in [4.78, 5) is 37.4. The number of esters is 2. The van der Waals surface area contributed by atoms with Crippen molar-refractivity contribution in [3.8, 4) is 0 Å². The van der Waals surface area contributed by atoms with Crippen LogP contribution in [0, 0.1) is 6.92 Å². The number of hydrogen-bond donors (Lipinski definition) is 0. The lowest BCUT2D eigenvalue weighted by atomic mass is 10.2. The second-order valence-electron chi connectivity index (χ2n) is 5.95. The Morgan fingerprint density at radius 1 is 1.23 bits per heavy atom. The third-order valence-electron chi connectivity index (χ3n) is 4.19. The Hall–Kier alpha value is -3.09. The van der Waals surface area contributed by atoms with Gasteiger partial charge in [-0.3, -0.25) is 4.79 Å². The summed E-state index contributed by atoms with van der Waals surface area (Å²) in [5, 5.41) is 0. The zero-order chi connectivity index (χ0) is 18.7. The summed E-state index contributed by atoms with van der Waals surface area (Å²) in [6.07, 6.45) is 1.34. The van der Waals surface area contributed by atoms with Gasteiger partial charge >= 0.3 is 11.9 Å². The van der Waals surface area contributed by atoms with E-state index in [9.17, 15) is 14.4 Å². The number of rotatable bonds is 5. The fourth-order valence-corrected chi connectivity index (χ4v) is 2.87. The van der Waals surface area contributed by atoms with E-state index in [2.05, 4.69) is 4.74 Å². The molecule has 0 unspecified atom stereocenters. The number of amides is 1. The van der Waals surface area contributed by atoms with Crippen molar-refractivity contribution in [1.29, 1.82) is 0 Å². The summed E-state index contributed by atoms with van der Waals surface area (Å²) in [5.74, 6) is -0.240. The minimum Gasteiger partial charge on any atom is -0.465 e. The van der Waals surface area contributed by atoms with Gasteiger partial charge in [0.2, 0.25) is 5.91 Å². The molecule has 0 aliphatic carbocycles. The molecule has 1 aliphatic rings. The molecule has 1 amide bonds. The van der Waals surface area contributed by atoms with Gasteiger partial charge in [0, 0.05) is 18.7 Å². The van der Waals surface area contributed by atoms with Gasteiger partial charge in [-0.1, -0.05) is 6.07 Å². The van der Waals surface area contributed by atoms with Crippen molar-refractivity contribution in [2.75, 3.05) is 18.6 Å². The van der Waals surface area contributed by atoms with Crippen molar-refractivity contribution in [3.05, 3.63) is 53.0 Å². The molecular weight excluding hydrogens is 338 g/mol. The SMILES string of the molecule is COC(=O)c1cc(COC(=O)c2cccc(N3CCCC3=O)c2)oc1C. The number of carbonyl (C=O) groups excluding carboxylic acids is 3. The third-order valence-corrected chi connectivity index (χ3v) is 4.19. The predicted molar refractivity (Wildman–Crippen MR) is 91.9 cm³/mol. The summed E-state index contributed by atoms with van der Waals surface area (Å²) in [7, 11) is 1.28. The normalized spacial score (nSPS) is 13.8. The Labute approximate surface area is 150 Å². The van der Waals surface area contributed by atoms with Crippen LogP contribution in [-0.4, -0.2) is 31.5 Å². The highest BCUT2D eigenvalue weighted by molar-refractivity contribution is 5.97. The second kappa shape index (κ2) is 7.43. The summed E-state index contributed by atoms with van der Waals surface area (Å²) < 4.78 is 15.3. The molecule has 1 fully saturated rings. The van der Waals surface area contributed by atoms with Crippen LogP contribution in [0.5, 0.6) is 0 Å². The Morgan fingerprint density at radius 2 is 2.04 bits per heavy atom. The van der Waals surface area contributed by atoms with Gasteiger partial charge in [0.15, 0.2) is 0 Å². The quantitative estimate of drug-likeness (QED) is 0.765. The largest absolute Gasteiger partial charge is 0.465 e. The maximum atomic E-state index is 12.3. The average Bonchev–Trinajstić information content (AvgIpc) is 3.24. The molecule has 2 aromatic rings. The standard InChI is InChI=1S/C19H19NO6/c1-12-16(19(23)24-2)10-15(26-12)11-25-18(22)13-5-3-6-14(9-13)20-8-4-7-17(20)21/h3,5-6,9-10H,4,7-8,11H2,1-2H3. The molecule has 1 aromatic heterocycles. The first-order chi connectivity index (χ1) is 12.5. The van der Waals surface area contributed by atoms with Gasteiger partial charge in [-0.05, 0) is 37.6 Å². The highest BCUT2D eigenvalue weighted by atomic mass is 16.5. The summed E-state index contributed by atoms with van der Waals surface area (Å²) in [5.41, 5.74) is 1.33. The number of anilines is 1. The van der Waals surface area contributed by atoms with E-state index in [4.69, 9.17) is 9.15 Å². The summed E-state index contributed by atoms with van der Waals surface area (Å²) >= 11 is 0. The van der Waals surface area contributed by atoms with Crippen LogP contribution < -0.4 is 4.90 Å². The van der Waals surface area contributed by atoms with Gasteiger partial charge in [0.1, 0.15) is 23.7 Å². The molecule has 3 rings (SSSR count). The van der Waals surface area contributed by atoms with E-state index in [-0.39, 0.29) is 12.5 Å². The Kier molecular flexibility index (Phi) is 5.06. The van der Waals surface area contributed by atoms with Crippen LogP contribution >= 0.6 is 0 Å². The number of furan rings is 1. The number of aryl methyl sites for hydroxylation is 1. The number of ether oxygens (including phenoxy) is 2. The molecule has 26 heavy (non-hydrogen) atoms. The molecule has 7 heteroatoms. The lowest BCUT2D eigenvalue weighted by Gasteiger charge is -2.16. The van der Waals surface area contributed by atoms with Crippen LogP contribution in [0.1, 0.15) is 45.1 Å². The van der Waals surface area contributed by atoms with E-state index in [0.29, 0.717) is 41.3 Å². The van der Waals surface area contributed by atoms with Crippen molar-refractivity contribution in [1.82, 2.24) is 0 Å². The van der Waals surface area contributed by atoms with Crippen molar-refractivity contribution in [3.63, 3.8) is 0 Å². The molecule has 7 nitrogen and oxygen atoms in total. The van der Waals surface area contributed by atoms with E-state index in [1.165, 1.54) is 13.2 Å². The van der Waals surface area contributed by atoms with E-state index >= 15 is 0 Å². The van der Waals surface area contributed by atoms with Crippen molar-refractivity contribution in [2.45, 2.75) is 26.4 Å². The molecule has 0 atom stereocenters. The van der Waals surface area contributed by atoms with E-state index in [1.807, 2.05) is 0 Å². The van der Waals surface area contributed by atoms with Crippen LogP contribution in [0.2, 0.25) is 0 Å². The molecule has 2 heterocycles. The topological polar surface area (TPSA) is 86.0 Å². The molecule has 1 saturated heterocycles. The second-order valence-corrected chi connectivity index (χ2v) is 5.95. The average molecular weight is 357 g/mol. The van der Waals surface area contributed by atoms with Crippen LogP contribution in [0.4, 0.5) is 5.69 Å². The van der Waals surface area contributed by atoms with Crippen LogP contribution in [-0.2, 0) is 20.9 Å². The van der Waals surface area contributed by atoms with Crippen LogP contribution in [0.3, 0.4) is 0 Å². The zero-order valence-corrected chi connectivity index (χ0v) is 14.6. The number of benzene rings is 1. The molecule has 0 spiro atoms. The van der Waals surface area contributed by atoms with Crippen molar-refractivity contribution >= 4 is 23.5 Å². The molecule has 0 saturated carbocycles. The number of methoxy groups -OCH3 is 1. The van der Waals surface area contributed by atoms with Gasteiger partial charge < -0.3 is 18.8 Å². The molecule has 0 bridgehead atoms. The van der Waals surface area contributed by atoms with Crippen LogP contribution in [0.25, 0.3) is 0 Å². The lowest BCUT2D eigenvalue weighted by Crippen LogP contribution is -2.23. The maximum absolute atomic E-state index is 12.3. The number of hydrogen-bond acceptors (Lipinski definition) is 6. The Morgan fingerprint density at radius 3 is 2.73 bits per heavy atom. The highest BCUT2D eigenvalue weighted by Crippen LogP contribution is 2.23. The molecule has 0 N–H and O–H groups in total. The maximum Gasteiger partial charge on any atom is 0.341 e. The van der Waals surface area contributed by atoms with Crippen molar-refractivity contribution < 1.29 is 28.3 Å². The van der Waals surface area contributed by atoms with Gasteiger partial charge in [0.25, 0.3) is 0 Å². The summed E-state index contributed by atoms with van der Waals surface area (Å²) in [6.45, 7) is 2.18. The minimum atomic E-state index is -0.535. The molecule has 136 valence electrons. The first-order valence-electron chi connectivity index (χ1n) is 8.25. The van der Waals surface area contributed by atoms with E-state index < -0.39 is 11.9 Å². The minimum absolute atomic E-state index is 0.0527. The first kappa shape index (κ1) is 17.7. The predicted octanol–water partition coefficient (Wildman–Crippen LogP) is 2.86. The number of nitrogens with zero attached hydrogens (tertiary/aromatic N) is 1. The van der Waals surface area contributed by atoms with Gasteiger partial charge in [0.05, 0.1) is 12.7 Å². The molecular formula is C19H19NO6. The number of carbonyl (C=O) groups is 3. The molecule has 1 aliphatic heterocycles. The van der Waals surface area contributed by atoms with Gasteiger partial charge in [-0.2, -0.15) is 0 Å². The van der Waals surface area contributed by atoms with Gasteiger partial charge in [-0.15, -0.1) is 0 Å². The van der Waals surface area contributed by atoms with Crippen molar-refractivity contribution in [2.24, 2.45) is 0 Å². The highest BCUT2D eigenvalue weighted by Gasteiger charge is 2.22. The summed E-state index contributed by atoms with van der Waals surface area (Å²) in [6, 6.07) is 8.26. The Balaban J connectivity index is 1.67. The zero-order valence-electron chi connectivity index (χ0n) is 14.6. The Bertz CT molecular complexity index is 853.